The number of aliphatic hydroxyl groups excluding tert-OH is 4. The molecular formula is C15H20N2O9S. The number of benzene rings is 1. The number of nitrogens with one attached hydrogen (secondary N) is 2. The number of hydrogen-bond acceptors (Lipinski definition) is 9. The fourth-order valence-corrected chi connectivity index (χ4v) is 3.28. The Morgan fingerprint density at radius 1 is 1.22 bits per heavy atom. The van der Waals surface area contributed by atoms with Gasteiger partial charge in [0, 0.05) is 6.92 Å². The van der Waals surface area contributed by atoms with E-state index in [-0.39, 0.29) is 16.7 Å². The molecule has 4 atom stereocenters. The van der Waals surface area contributed by atoms with E-state index >= 15 is 0 Å². The summed E-state index contributed by atoms with van der Waals surface area (Å²) in [5.41, 5.74) is 0.220. The highest BCUT2D eigenvalue weighted by molar-refractivity contribution is 7.90. The normalized spacial score (nSPS) is 18.6. The lowest BCUT2D eigenvalue weighted by molar-refractivity contribution is -0.129. The molecule has 11 nitrogen and oxygen atoms in total. The Balaban J connectivity index is 0.000000274. The molecule has 0 saturated heterocycles. The molecule has 1 aromatic carbocycles. The third-order valence-corrected chi connectivity index (χ3v) is 4.85. The maximum Gasteiger partial charge on any atom is 0.266 e. The molecule has 150 valence electrons. The van der Waals surface area contributed by atoms with Crippen molar-refractivity contribution in [3.8, 4) is 0 Å². The topological polar surface area (TPSA) is 190 Å². The number of aliphatic hydroxyl groups is 4. The molecule has 6 N–H and O–H groups in total. The Hall–Kier alpha value is -2.38. The van der Waals surface area contributed by atoms with Gasteiger partial charge in [-0.15, -0.1) is 0 Å². The summed E-state index contributed by atoms with van der Waals surface area (Å²) in [4.78, 5) is 32.1. The first-order chi connectivity index (χ1) is 12.5. The highest BCUT2D eigenvalue weighted by Gasteiger charge is 2.32. The van der Waals surface area contributed by atoms with Crippen molar-refractivity contribution >= 4 is 28.1 Å². The first kappa shape index (κ1) is 22.7. The van der Waals surface area contributed by atoms with Gasteiger partial charge in [-0.25, -0.2) is 13.1 Å². The van der Waals surface area contributed by atoms with Gasteiger partial charge in [-0.3, -0.25) is 9.59 Å². The molecular weight excluding hydrogens is 384 g/mol. The van der Waals surface area contributed by atoms with E-state index in [1.165, 1.54) is 12.1 Å². The van der Waals surface area contributed by atoms with Crippen molar-refractivity contribution in [2.45, 2.75) is 36.2 Å². The second-order valence-electron chi connectivity index (χ2n) is 5.52. The second-order valence-corrected chi connectivity index (χ2v) is 7.18. The number of rotatable bonds is 6. The van der Waals surface area contributed by atoms with E-state index in [1.54, 1.807) is 12.1 Å². The van der Waals surface area contributed by atoms with Crippen molar-refractivity contribution in [3.63, 3.8) is 0 Å². The number of aldehydes is 1. The van der Waals surface area contributed by atoms with Gasteiger partial charge < -0.3 is 30.5 Å². The zero-order valence-electron chi connectivity index (χ0n) is 14.1. The Morgan fingerprint density at radius 3 is 2.30 bits per heavy atom. The van der Waals surface area contributed by atoms with Crippen LogP contribution >= 0.6 is 0 Å². The second kappa shape index (κ2) is 9.53. The molecule has 0 saturated carbocycles. The molecule has 0 fully saturated rings. The molecule has 27 heavy (non-hydrogen) atoms. The summed E-state index contributed by atoms with van der Waals surface area (Å²) in [5, 5.41) is 38.2. The standard InChI is InChI=1S/C8H15NO6.C7H5NO3S/c1-4(12)9-5(2-10)7(14)8(15)6(13)3-11;9-7-5-3-1-2-4-6(5)12(10,11)8-7/h2,5-8,11,13-15H,3H2,1H3,(H,9,12);1-4H,(H,8,9)/t5-,6+,7+,8+;/m0./s1. The van der Waals surface area contributed by atoms with Gasteiger partial charge in [-0.2, -0.15) is 0 Å². The third kappa shape index (κ3) is 5.80. The largest absolute Gasteiger partial charge is 0.394 e. The summed E-state index contributed by atoms with van der Waals surface area (Å²) in [6, 6.07) is 4.77. The van der Waals surface area contributed by atoms with E-state index < -0.39 is 52.8 Å². The van der Waals surface area contributed by atoms with Crippen LogP contribution in [0.3, 0.4) is 0 Å². The summed E-state index contributed by atoms with van der Waals surface area (Å²) < 4.78 is 24.2. The van der Waals surface area contributed by atoms with E-state index in [2.05, 4.69) is 5.32 Å². The van der Waals surface area contributed by atoms with Crippen LogP contribution in [0.25, 0.3) is 0 Å². The average molecular weight is 404 g/mol. The number of hydrogen-bond donors (Lipinski definition) is 6. The zero-order chi connectivity index (χ0) is 20.8. The van der Waals surface area contributed by atoms with E-state index in [0.29, 0.717) is 0 Å². The van der Waals surface area contributed by atoms with Gasteiger partial charge >= 0.3 is 0 Å². The van der Waals surface area contributed by atoms with Crippen LogP contribution in [0.2, 0.25) is 0 Å². The first-order valence-corrected chi connectivity index (χ1v) is 9.07. The van der Waals surface area contributed by atoms with Crippen LogP contribution in [-0.2, 0) is 19.6 Å². The molecule has 0 radical (unpaired) electrons. The highest BCUT2D eigenvalue weighted by atomic mass is 32.2. The lowest BCUT2D eigenvalue weighted by Gasteiger charge is -2.25. The monoisotopic (exact) mass is 404 g/mol. The van der Waals surface area contributed by atoms with Gasteiger partial charge in [0.05, 0.1) is 12.2 Å². The fourth-order valence-electron chi connectivity index (χ4n) is 2.10. The van der Waals surface area contributed by atoms with Crippen molar-refractivity contribution in [1.29, 1.82) is 0 Å². The Kier molecular flexibility index (Phi) is 7.99. The minimum Gasteiger partial charge on any atom is -0.394 e. The lowest BCUT2D eigenvalue weighted by Crippen LogP contribution is -2.53. The number of carbonyl (C=O) groups excluding carboxylic acids is 3. The molecule has 2 rings (SSSR count). The molecule has 12 heteroatoms. The Bertz CT molecular complexity index is 796. The predicted molar refractivity (Wildman–Crippen MR) is 89.9 cm³/mol. The minimum absolute atomic E-state index is 0.0648. The number of fused-ring (bicyclic) bond motifs is 1. The van der Waals surface area contributed by atoms with Crippen LogP contribution in [0.15, 0.2) is 29.2 Å². The molecule has 2 amide bonds. The molecule has 0 bridgehead atoms. The molecule has 1 aliphatic rings. The summed E-state index contributed by atoms with van der Waals surface area (Å²) in [7, 11) is -3.55. The molecule has 1 aliphatic heterocycles. The lowest BCUT2D eigenvalue weighted by atomic mass is 10.0. The quantitative estimate of drug-likeness (QED) is 0.266. The van der Waals surface area contributed by atoms with Crippen LogP contribution in [0.1, 0.15) is 17.3 Å². The maximum absolute atomic E-state index is 11.1. The van der Waals surface area contributed by atoms with E-state index in [4.69, 9.17) is 10.2 Å². The highest BCUT2D eigenvalue weighted by Crippen LogP contribution is 2.20. The Labute approximate surface area is 154 Å². The molecule has 1 aromatic rings. The summed E-state index contributed by atoms with van der Waals surface area (Å²) in [5.74, 6) is -1.11. The summed E-state index contributed by atoms with van der Waals surface area (Å²) in [6.07, 6.45) is -4.72. The first-order valence-electron chi connectivity index (χ1n) is 7.58. The van der Waals surface area contributed by atoms with E-state index in [1.807, 2.05) is 4.72 Å². The Morgan fingerprint density at radius 2 is 1.81 bits per heavy atom. The molecule has 1 heterocycles. The molecule has 0 aliphatic carbocycles. The number of sulfonamides is 1. The smallest absolute Gasteiger partial charge is 0.266 e. The summed E-state index contributed by atoms with van der Waals surface area (Å²) >= 11 is 0. The van der Waals surface area contributed by atoms with Gasteiger partial charge in [0.15, 0.2) is 0 Å². The van der Waals surface area contributed by atoms with Crippen LogP contribution in [-0.4, -0.2) is 77.9 Å². The zero-order valence-corrected chi connectivity index (χ0v) is 15.0. The average Bonchev–Trinajstić information content (AvgIpc) is 2.87. The van der Waals surface area contributed by atoms with Gasteiger partial charge in [-0.05, 0) is 12.1 Å². The van der Waals surface area contributed by atoms with Gasteiger partial charge in [0.25, 0.3) is 15.9 Å². The van der Waals surface area contributed by atoms with Crippen LogP contribution in [0.4, 0.5) is 0 Å². The number of amides is 2. The van der Waals surface area contributed by atoms with Gasteiger partial charge in [-0.1, -0.05) is 12.1 Å². The van der Waals surface area contributed by atoms with Crippen molar-refractivity contribution in [1.82, 2.24) is 10.0 Å². The van der Waals surface area contributed by atoms with Crippen LogP contribution in [0, 0.1) is 0 Å². The van der Waals surface area contributed by atoms with Gasteiger partial charge in [0.2, 0.25) is 5.91 Å². The minimum atomic E-state index is -3.55. The SMILES string of the molecule is CC(=O)N[C@@H](C=O)[C@@H](O)[C@H](O)[C@H](O)CO.O=C1NS(=O)(=O)c2ccccc21. The van der Waals surface area contributed by atoms with E-state index in [9.17, 15) is 33.0 Å². The third-order valence-electron chi connectivity index (χ3n) is 3.46. The summed E-state index contributed by atoms with van der Waals surface area (Å²) in [6.45, 7) is 0.377. The van der Waals surface area contributed by atoms with Gasteiger partial charge in [0.1, 0.15) is 35.5 Å². The van der Waals surface area contributed by atoms with Crippen LogP contribution < -0.4 is 10.0 Å². The van der Waals surface area contributed by atoms with E-state index in [0.717, 1.165) is 6.92 Å². The molecule has 0 aromatic heterocycles. The van der Waals surface area contributed by atoms with Crippen molar-refractivity contribution in [2.24, 2.45) is 0 Å². The van der Waals surface area contributed by atoms with Crippen molar-refractivity contribution < 1.29 is 43.2 Å². The molecule has 0 spiro atoms. The predicted octanol–water partition coefficient (Wildman–Crippen LogP) is -3.12. The van der Waals surface area contributed by atoms with Crippen LogP contribution in [0.5, 0.6) is 0 Å². The van der Waals surface area contributed by atoms with Crippen molar-refractivity contribution in [2.75, 3.05) is 6.61 Å². The maximum atomic E-state index is 11.1. The molecule has 0 unspecified atom stereocenters. The number of carbonyl (C=O) groups is 3. The van der Waals surface area contributed by atoms with Crippen molar-refractivity contribution in [3.05, 3.63) is 29.8 Å². The fraction of sp³-hybridized carbons (Fsp3) is 0.400.